The number of ether oxygens (including phenoxy) is 1. The molecule has 0 saturated carbocycles. The van der Waals surface area contributed by atoms with E-state index in [1.807, 2.05) is 48.5 Å². The Hall–Kier alpha value is -3.44. The number of nitriles is 1. The number of thiazole rings is 1. The number of rotatable bonds is 7. The van der Waals surface area contributed by atoms with Crippen molar-refractivity contribution in [3.63, 3.8) is 0 Å². The van der Waals surface area contributed by atoms with Gasteiger partial charge < -0.3 is 15.4 Å². The van der Waals surface area contributed by atoms with Crippen LogP contribution in [0.4, 0.5) is 0 Å². The van der Waals surface area contributed by atoms with E-state index in [0.717, 1.165) is 16.0 Å². The zero-order valence-corrected chi connectivity index (χ0v) is 15.1. The predicted octanol–water partition coefficient (Wildman–Crippen LogP) is 2.39. The Morgan fingerprint density at radius 1 is 1.07 bits per heavy atom. The normalized spacial score (nSPS) is 10.2. The second-order valence-electron chi connectivity index (χ2n) is 5.54. The maximum atomic E-state index is 12.0. The smallest absolute Gasteiger partial charge is 0.240 e. The van der Waals surface area contributed by atoms with Crippen LogP contribution in [-0.4, -0.2) is 29.9 Å². The number of benzene rings is 2. The minimum Gasteiger partial charge on any atom is -0.457 e. The summed E-state index contributed by atoms with van der Waals surface area (Å²) >= 11 is 1.40. The fraction of sp³-hybridized carbons (Fsp3) is 0.158. The van der Waals surface area contributed by atoms with Gasteiger partial charge in [-0.25, -0.2) is 4.98 Å². The van der Waals surface area contributed by atoms with Gasteiger partial charge in [0.2, 0.25) is 11.8 Å². The first-order chi connectivity index (χ1) is 13.1. The fourth-order valence-electron chi connectivity index (χ4n) is 2.30. The van der Waals surface area contributed by atoms with Gasteiger partial charge in [0.15, 0.2) is 0 Å². The number of amides is 2. The zero-order chi connectivity index (χ0) is 19.1. The van der Waals surface area contributed by atoms with Gasteiger partial charge in [-0.15, -0.1) is 11.3 Å². The van der Waals surface area contributed by atoms with Gasteiger partial charge in [0.05, 0.1) is 29.3 Å². The van der Waals surface area contributed by atoms with Gasteiger partial charge >= 0.3 is 0 Å². The highest BCUT2D eigenvalue weighted by Crippen LogP contribution is 2.29. The van der Waals surface area contributed by atoms with Crippen molar-refractivity contribution >= 4 is 33.4 Å². The second-order valence-corrected chi connectivity index (χ2v) is 6.66. The highest BCUT2D eigenvalue weighted by molar-refractivity contribution is 7.18. The Labute approximate surface area is 159 Å². The van der Waals surface area contributed by atoms with Gasteiger partial charge in [0, 0.05) is 6.07 Å². The summed E-state index contributed by atoms with van der Waals surface area (Å²) < 4.78 is 6.72. The van der Waals surface area contributed by atoms with Crippen LogP contribution >= 0.6 is 11.3 Å². The lowest BCUT2D eigenvalue weighted by molar-refractivity contribution is -0.125. The van der Waals surface area contributed by atoms with Crippen molar-refractivity contribution in [3.8, 4) is 17.6 Å². The SMILES string of the molecule is N#CCNC(=O)CNC(=O)Cc1nc2ccc(Oc3ccccc3)cc2s1. The lowest BCUT2D eigenvalue weighted by atomic mass is 10.3. The van der Waals surface area contributed by atoms with E-state index in [-0.39, 0.29) is 25.4 Å². The lowest BCUT2D eigenvalue weighted by Crippen LogP contribution is -2.37. The zero-order valence-electron chi connectivity index (χ0n) is 14.3. The van der Waals surface area contributed by atoms with E-state index in [4.69, 9.17) is 10.00 Å². The number of aromatic nitrogens is 1. The third-order valence-electron chi connectivity index (χ3n) is 3.51. The standard InChI is InChI=1S/C19H16N4O3S/c20-8-9-21-18(25)12-22-17(24)11-19-23-15-7-6-14(10-16(15)27-19)26-13-4-2-1-3-5-13/h1-7,10H,9,11-12H2,(H,21,25)(H,22,24). The summed E-state index contributed by atoms with van der Waals surface area (Å²) in [6.45, 7) is -0.250. The molecular formula is C19H16N4O3S. The molecule has 3 aromatic rings. The Morgan fingerprint density at radius 3 is 2.67 bits per heavy atom. The Kier molecular flexibility index (Phi) is 5.97. The summed E-state index contributed by atoms with van der Waals surface area (Å²) in [5, 5.41) is 13.9. The van der Waals surface area contributed by atoms with Crippen molar-refractivity contribution in [3.05, 3.63) is 53.5 Å². The average Bonchev–Trinajstić information content (AvgIpc) is 3.07. The molecule has 0 spiro atoms. The van der Waals surface area contributed by atoms with Crippen LogP contribution in [0.25, 0.3) is 10.2 Å². The molecule has 0 radical (unpaired) electrons. The first-order valence-corrected chi connectivity index (χ1v) is 8.98. The van der Waals surface area contributed by atoms with E-state index in [1.165, 1.54) is 11.3 Å². The van der Waals surface area contributed by atoms with Gasteiger partial charge in [-0.3, -0.25) is 9.59 Å². The largest absolute Gasteiger partial charge is 0.457 e. The number of nitrogens with one attached hydrogen (secondary N) is 2. The van der Waals surface area contributed by atoms with Crippen molar-refractivity contribution in [1.82, 2.24) is 15.6 Å². The molecule has 0 aliphatic heterocycles. The van der Waals surface area contributed by atoms with Gasteiger partial charge in [-0.1, -0.05) is 18.2 Å². The maximum absolute atomic E-state index is 12.0. The monoisotopic (exact) mass is 380 g/mol. The minimum absolute atomic E-state index is 0.0831. The fourth-order valence-corrected chi connectivity index (χ4v) is 3.29. The Bertz CT molecular complexity index is 995. The summed E-state index contributed by atoms with van der Waals surface area (Å²) in [5.74, 6) is 0.733. The van der Waals surface area contributed by atoms with E-state index >= 15 is 0 Å². The van der Waals surface area contributed by atoms with E-state index in [2.05, 4.69) is 15.6 Å². The van der Waals surface area contributed by atoms with Gasteiger partial charge in [-0.05, 0) is 24.3 Å². The van der Waals surface area contributed by atoms with Crippen LogP contribution in [0.1, 0.15) is 5.01 Å². The number of carbonyl (C=O) groups is 2. The molecule has 0 aliphatic rings. The van der Waals surface area contributed by atoms with Crippen molar-refractivity contribution in [2.24, 2.45) is 0 Å². The Balaban J connectivity index is 1.60. The molecular weight excluding hydrogens is 364 g/mol. The molecule has 7 nitrogen and oxygen atoms in total. The van der Waals surface area contributed by atoms with Crippen LogP contribution in [0.15, 0.2) is 48.5 Å². The molecule has 0 fully saturated rings. The summed E-state index contributed by atoms with van der Waals surface area (Å²) in [7, 11) is 0. The van der Waals surface area contributed by atoms with Crippen LogP contribution in [0, 0.1) is 11.3 Å². The second kappa shape index (κ2) is 8.78. The molecule has 0 atom stereocenters. The quantitative estimate of drug-likeness (QED) is 0.613. The first kappa shape index (κ1) is 18.4. The molecule has 0 bridgehead atoms. The molecule has 2 N–H and O–H groups in total. The third-order valence-corrected chi connectivity index (χ3v) is 4.52. The summed E-state index contributed by atoms with van der Waals surface area (Å²) in [6.07, 6.45) is 0.0831. The first-order valence-electron chi connectivity index (χ1n) is 8.17. The number of hydrogen-bond acceptors (Lipinski definition) is 6. The molecule has 0 unspecified atom stereocenters. The van der Waals surface area contributed by atoms with Crippen molar-refractivity contribution in [1.29, 1.82) is 5.26 Å². The lowest BCUT2D eigenvalue weighted by Gasteiger charge is -2.04. The van der Waals surface area contributed by atoms with E-state index in [9.17, 15) is 9.59 Å². The van der Waals surface area contributed by atoms with Crippen LogP contribution < -0.4 is 15.4 Å². The van der Waals surface area contributed by atoms with Gasteiger partial charge in [-0.2, -0.15) is 5.26 Å². The van der Waals surface area contributed by atoms with Crippen LogP contribution in [0.2, 0.25) is 0 Å². The molecule has 2 amide bonds. The van der Waals surface area contributed by atoms with Crippen molar-refractivity contribution < 1.29 is 14.3 Å². The van der Waals surface area contributed by atoms with E-state index in [0.29, 0.717) is 10.8 Å². The number of para-hydroxylation sites is 1. The van der Waals surface area contributed by atoms with Crippen LogP contribution in [0.5, 0.6) is 11.5 Å². The topological polar surface area (TPSA) is 104 Å². The summed E-state index contributed by atoms with van der Waals surface area (Å²) in [5.41, 5.74) is 0.787. The highest BCUT2D eigenvalue weighted by Gasteiger charge is 2.11. The van der Waals surface area contributed by atoms with Gasteiger partial charge in [0.25, 0.3) is 0 Å². The maximum Gasteiger partial charge on any atom is 0.240 e. The minimum atomic E-state index is -0.406. The Morgan fingerprint density at radius 2 is 1.89 bits per heavy atom. The van der Waals surface area contributed by atoms with Crippen molar-refractivity contribution in [2.45, 2.75) is 6.42 Å². The number of hydrogen-bond donors (Lipinski definition) is 2. The predicted molar refractivity (Wildman–Crippen MR) is 101 cm³/mol. The number of carbonyl (C=O) groups excluding carboxylic acids is 2. The molecule has 1 aromatic heterocycles. The molecule has 1 heterocycles. The number of nitrogens with zero attached hydrogens (tertiary/aromatic N) is 2. The molecule has 136 valence electrons. The van der Waals surface area contributed by atoms with E-state index < -0.39 is 5.91 Å². The van der Waals surface area contributed by atoms with Crippen LogP contribution in [-0.2, 0) is 16.0 Å². The average molecular weight is 380 g/mol. The molecule has 0 aliphatic carbocycles. The molecule has 3 rings (SSSR count). The van der Waals surface area contributed by atoms with Gasteiger partial charge in [0.1, 0.15) is 23.1 Å². The summed E-state index contributed by atoms with van der Waals surface area (Å²) in [4.78, 5) is 27.8. The highest BCUT2D eigenvalue weighted by atomic mass is 32.1. The third kappa shape index (κ3) is 5.26. The van der Waals surface area contributed by atoms with Crippen LogP contribution in [0.3, 0.4) is 0 Å². The molecule has 8 heteroatoms. The summed E-state index contributed by atoms with van der Waals surface area (Å²) in [6, 6.07) is 16.8. The van der Waals surface area contributed by atoms with E-state index in [1.54, 1.807) is 6.07 Å². The molecule has 2 aromatic carbocycles. The van der Waals surface area contributed by atoms with Crippen molar-refractivity contribution in [2.75, 3.05) is 13.1 Å². The number of fused-ring (bicyclic) bond motifs is 1. The molecule has 0 saturated heterocycles. The molecule has 27 heavy (non-hydrogen) atoms.